The highest BCUT2D eigenvalue weighted by Gasteiger charge is 2.30. The van der Waals surface area contributed by atoms with E-state index >= 15 is 0 Å². The van der Waals surface area contributed by atoms with E-state index < -0.39 is 11.5 Å². The topological polar surface area (TPSA) is 58.6 Å². The third kappa shape index (κ3) is 4.58. The summed E-state index contributed by atoms with van der Waals surface area (Å²) in [7, 11) is 0. The van der Waals surface area contributed by atoms with Crippen molar-refractivity contribution in [3.8, 4) is 5.75 Å². The van der Waals surface area contributed by atoms with E-state index in [4.69, 9.17) is 4.74 Å². The standard InChI is InChI=1S/C19H25NO3S/c1-13(2)23-15-8-5-7-14(11-15)16(21)12-20-18(22)19(3,4)17-9-6-10-24-17/h5-11,13,16,21H,12H2,1-4H3,(H,20,22)/t16-/m0/s1. The van der Waals surface area contributed by atoms with Crippen molar-refractivity contribution < 1.29 is 14.6 Å². The number of aliphatic hydroxyl groups excluding tert-OH is 1. The van der Waals surface area contributed by atoms with Gasteiger partial charge in [-0.15, -0.1) is 11.3 Å². The zero-order valence-electron chi connectivity index (χ0n) is 14.6. The van der Waals surface area contributed by atoms with Crippen molar-refractivity contribution in [2.24, 2.45) is 0 Å². The zero-order valence-corrected chi connectivity index (χ0v) is 15.4. The number of thiophene rings is 1. The highest BCUT2D eigenvalue weighted by atomic mass is 32.1. The van der Waals surface area contributed by atoms with E-state index in [0.29, 0.717) is 5.75 Å². The SMILES string of the molecule is CC(C)Oc1cccc([C@@H](O)CNC(=O)C(C)(C)c2cccs2)c1. The van der Waals surface area contributed by atoms with Crippen LogP contribution in [0.25, 0.3) is 0 Å². The number of amides is 1. The molecule has 2 aromatic rings. The molecule has 1 amide bonds. The quantitative estimate of drug-likeness (QED) is 0.803. The first-order valence-electron chi connectivity index (χ1n) is 8.07. The summed E-state index contributed by atoms with van der Waals surface area (Å²) in [5.74, 6) is 0.616. The number of carbonyl (C=O) groups excluding carboxylic acids is 1. The lowest BCUT2D eigenvalue weighted by molar-refractivity contribution is -0.126. The van der Waals surface area contributed by atoms with Gasteiger partial charge in [0.1, 0.15) is 5.75 Å². The van der Waals surface area contributed by atoms with Crippen LogP contribution in [0.1, 0.15) is 44.2 Å². The molecular weight excluding hydrogens is 322 g/mol. The molecule has 4 nitrogen and oxygen atoms in total. The van der Waals surface area contributed by atoms with E-state index in [9.17, 15) is 9.90 Å². The van der Waals surface area contributed by atoms with E-state index in [-0.39, 0.29) is 18.6 Å². The molecule has 1 aromatic heterocycles. The van der Waals surface area contributed by atoms with Gasteiger partial charge in [-0.25, -0.2) is 0 Å². The summed E-state index contributed by atoms with van der Waals surface area (Å²) in [5.41, 5.74) is 0.110. The second-order valence-electron chi connectivity index (χ2n) is 6.57. The van der Waals surface area contributed by atoms with Crippen molar-refractivity contribution >= 4 is 17.2 Å². The monoisotopic (exact) mass is 347 g/mol. The molecule has 1 atom stereocenters. The maximum atomic E-state index is 12.5. The van der Waals surface area contributed by atoms with Crippen LogP contribution >= 0.6 is 11.3 Å². The number of rotatable bonds is 7. The van der Waals surface area contributed by atoms with Gasteiger partial charge in [0, 0.05) is 11.4 Å². The van der Waals surface area contributed by atoms with E-state index in [1.807, 2.05) is 63.4 Å². The van der Waals surface area contributed by atoms with Crippen molar-refractivity contribution in [3.63, 3.8) is 0 Å². The van der Waals surface area contributed by atoms with Gasteiger partial charge in [-0.05, 0) is 56.8 Å². The predicted octanol–water partition coefficient (Wildman–Crippen LogP) is 3.66. The fraction of sp³-hybridized carbons (Fsp3) is 0.421. The molecular formula is C19H25NO3S. The fourth-order valence-electron chi connectivity index (χ4n) is 2.34. The largest absolute Gasteiger partial charge is 0.491 e. The Morgan fingerprint density at radius 3 is 2.67 bits per heavy atom. The van der Waals surface area contributed by atoms with Crippen LogP contribution in [0.15, 0.2) is 41.8 Å². The molecule has 0 fully saturated rings. The minimum Gasteiger partial charge on any atom is -0.491 e. The van der Waals surface area contributed by atoms with Crippen molar-refractivity contribution in [1.82, 2.24) is 5.32 Å². The van der Waals surface area contributed by atoms with Gasteiger partial charge in [0.2, 0.25) is 5.91 Å². The second-order valence-corrected chi connectivity index (χ2v) is 7.51. The zero-order chi connectivity index (χ0) is 17.7. The van der Waals surface area contributed by atoms with Crippen LogP contribution in [0.5, 0.6) is 5.75 Å². The molecule has 0 spiro atoms. The Morgan fingerprint density at radius 2 is 2.04 bits per heavy atom. The number of benzene rings is 1. The Balaban J connectivity index is 1.98. The van der Waals surface area contributed by atoms with Crippen LogP contribution in [-0.2, 0) is 10.2 Å². The molecule has 1 aromatic carbocycles. The van der Waals surface area contributed by atoms with Crippen LogP contribution in [0, 0.1) is 0 Å². The third-order valence-electron chi connectivity index (χ3n) is 3.78. The molecule has 0 unspecified atom stereocenters. The van der Waals surface area contributed by atoms with Gasteiger partial charge in [0.15, 0.2) is 0 Å². The van der Waals surface area contributed by atoms with Crippen molar-refractivity contribution in [2.75, 3.05) is 6.54 Å². The molecule has 1 heterocycles. The molecule has 0 aliphatic heterocycles. The highest BCUT2D eigenvalue weighted by Crippen LogP contribution is 2.28. The van der Waals surface area contributed by atoms with Gasteiger partial charge in [0.25, 0.3) is 0 Å². The van der Waals surface area contributed by atoms with E-state index in [1.54, 1.807) is 17.4 Å². The lowest BCUT2D eigenvalue weighted by atomic mass is 9.90. The predicted molar refractivity (Wildman–Crippen MR) is 97.5 cm³/mol. The molecule has 0 radical (unpaired) electrons. The number of nitrogens with one attached hydrogen (secondary N) is 1. The summed E-state index contributed by atoms with van der Waals surface area (Å²) in [6.07, 6.45) is -0.701. The average molecular weight is 347 g/mol. The lowest BCUT2D eigenvalue weighted by Crippen LogP contribution is -2.41. The van der Waals surface area contributed by atoms with Crippen LogP contribution < -0.4 is 10.1 Å². The summed E-state index contributed by atoms with van der Waals surface area (Å²) < 4.78 is 5.64. The molecule has 5 heteroatoms. The lowest BCUT2D eigenvalue weighted by Gasteiger charge is -2.23. The number of hydrogen-bond acceptors (Lipinski definition) is 4. The average Bonchev–Trinajstić information content (AvgIpc) is 3.07. The Kier molecular flexibility index (Phi) is 6.02. The first kappa shape index (κ1) is 18.5. The van der Waals surface area contributed by atoms with Gasteiger partial charge in [-0.3, -0.25) is 4.79 Å². The molecule has 0 aliphatic rings. The van der Waals surface area contributed by atoms with Crippen LogP contribution in [0.2, 0.25) is 0 Å². The Labute approximate surface area is 147 Å². The van der Waals surface area contributed by atoms with E-state index in [2.05, 4.69) is 5.32 Å². The van der Waals surface area contributed by atoms with Crippen LogP contribution in [0.4, 0.5) is 0 Å². The van der Waals surface area contributed by atoms with Crippen LogP contribution in [-0.4, -0.2) is 23.7 Å². The normalized spacial score (nSPS) is 12.9. The molecule has 0 saturated carbocycles. The maximum absolute atomic E-state index is 12.5. The van der Waals surface area contributed by atoms with Crippen molar-refractivity contribution in [2.45, 2.75) is 45.3 Å². The summed E-state index contributed by atoms with van der Waals surface area (Å²) in [5, 5.41) is 15.2. The van der Waals surface area contributed by atoms with Gasteiger partial charge < -0.3 is 15.2 Å². The van der Waals surface area contributed by atoms with Crippen molar-refractivity contribution in [1.29, 1.82) is 0 Å². The molecule has 0 bridgehead atoms. The van der Waals surface area contributed by atoms with Crippen molar-refractivity contribution in [3.05, 3.63) is 52.2 Å². The fourth-order valence-corrected chi connectivity index (χ4v) is 3.19. The number of ether oxygens (including phenoxy) is 1. The smallest absolute Gasteiger partial charge is 0.231 e. The summed E-state index contributed by atoms with van der Waals surface area (Å²) >= 11 is 1.56. The molecule has 24 heavy (non-hydrogen) atoms. The maximum Gasteiger partial charge on any atom is 0.231 e. The van der Waals surface area contributed by atoms with Gasteiger partial charge >= 0.3 is 0 Å². The number of hydrogen-bond donors (Lipinski definition) is 2. The van der Waals surface area contributed by atoms with E-state index in [0.717, 1.165) is 10.4 Å². The minimum atomic E-state index is -0.774. The Morgan fingerprint density at radius 1 is 1.29 bits per heavy atom. The first-order valence-corrected chi connectivity index (χ1v) is 8.95. The first-order chi connectivity index (χ1) is 11.3. The Bertz CT molecular complexity index is 665. The molecule has 2 N–H and O–H groups in total. The second kappa shape index (κ2) is 7.81. The summed E-state index contributed by atoms with van der Waals surface area (Å²) in [6, 6.07) is 11.2. The van der Waals surface area contributed by atoms with Crippen LogP contribution in [0.3, 0.4) is 0 Å². The van der Waals surface area contributed by atoms with E-state index in [1.165, 1.54) is 0 Å². The summed E-state index contributed by atoms with van der Waals surface area (Å²) in [6.45, 7) is 7.85. The van der Waals surface area contributed by atoms with Gasteiger partial charge in [0.05, 0.1) is 17.6 Å². The molecule has 0 aliphatic carbocycles. The van der Waals surface area contributed by atoms with Gasteiger partial charge in [-0.1, -0.05) is 18.2 Å². The third-order valence-corrected chi connectivity index (χ3v) is 4.97. The molecule has 2 rings (SSSR count). The number of aliphatic hydroxyl groups is 1. The molecule has 130 valence electrons. The van der Waals surface area contributed by atoms with Gasteiger partial charge in [-0.2, -0.15) is 0 Å². The highest BCUT2D eigenvalue weighted by molar-refractivity contribution is 7.10. The minimum absolute atomic E-state index is 0.0729. The Hall–Kier alpha value is -1.85. The summed E-state index contributed by atoms with van der Waals surface area (Å²) in [4.78, 5) is 13.5. The number of carbonyl (C=O) groups is 1. The molecule has 0 saturated heterocycles.